The Morgan fingerprint density at radius 3 is 2.69 bits per heavy atom. The van der Waals surface area contributed by atoms with Crippen molar-refractivity contribution in [2.24, 2.45) is 0 Å². The van der Waals surface area contributed by atoms with Crippen LogP contribution >= 0.6 is 23.1 Å². The molecular formula is C15H16F3N3O3S2. The van der Waals surface area contributed by atoms with Crippen molar-refractivity contribution in [1.82, 2.24) is 10.2 Å². The number of amides is 1. The average Bonchev–Trinajstić information content (AvgIpc) is 2.99. The molecule has 0 aliphatic carbocycles. The van der Waals surface area contributed by atoms with Gasteiger partial charge in [0.15, 0.2) is 4.34 Å². The van der Waals surface area contributed by atoms with E-state index in [0.29, 0.717) is 4.34 Å². The highest BCUT2D eigenvalue weighted by Crippen LogP contribution is 2.35. The van der Waals surface area contributed by atoms with Gasteiger partial charge in [-0.1, -0.05) is 23.1 Å². The van der Waals surface area contributed by atoms with Gasteiger partial charge in [0.2, 0.25) is 5.91 Å². The number of ether oxygens (including phenoxy) is 2. The number of benzene rings is 1. The number of hydrogen-bond donors (Lipinski definition) is 1. The number of nitrogens with zero attached hydrogens (tertiary/aromatic N) is 2. The van der Waals surface area contributed by atoms with Crippen molar-refractivity contribution in [2.45, 2.75) is 17.4 Å². The summed E-state index contributed by atoms with van der Waals surface area (Å²) in [6.45, 7) is 2.19. The lowest BCUT2D eigenvalue weighted by atomic mass is 10.1. The molecule has 2 aromatic rings. The number of hydrogen-bond acceptors (Lipinski definition) is 7. The van der Waals surface area contributed by atoms with Crippen LogP contribution in [0.4, 0.5) is 18.9 Å². The molecule has 0 atom stereocenters. The van der Waals surface area contributed by atoms with Gasteiger partial charge in [0.25, 0.3) is 0 Å². The quantitative estimate of drug-likeness (QED) is 0.532. The monoisotopic (exact) mass is 407 g/mol. The number of methoxy groups -OCH3 is 1. The third kappa shape index (κ3) is 6.15. The van der Waals surface area contributed by atoms with Gasteiger partial charge in [-0.05, 0) is 25.1 Å². The average molecular weight is 407 g/mol. The Kier molecular flexibility index (Phi) is 7.23. The van der Waals surface area contributed by atoms with E-state index in [2.05, 4.69) is 15.5 Å². The van der Waals surface area contributed by atoms with Gasteiger partial charge < -0.3 is 14.8 Å². The first-order chi connectivity index (χ1) is 12.3. The highest BCUT2D eigenvalue weighted by molar-refractivity contribution is 8.01. The lowest BCUT2D eigenvalue weighted by molar-refractivity contribution is -0.137. The lowest BCUT2D eigenvalue weighted by Gasteiger charge is -2.15. The van der Waals surface area contributed by atoms with Crippen LogP contribution in [0.2, 0.25) is 0 Å². The molecule has 142 valence electrons. The fraction of sp³-hybridized carbons (Fsp3) is 0.400. The zero-order valence-corrected chi connectivity index (χ0v) is 15.6. The number of alkyl halides is 3. The minimum Gasteiger partial charge on any atom is -0.489 e. The maximum Gasteiger partial charge on any atom is 0.416 e. The van der Waals surface area contributed by atoms with Gasteiger partial charge in [-0.2, -0.15) is 13.2 Å². The molecule has 1 aromatic carbocycles. The molecule has 26 heavy (non-hydrogen) atoms. The molecule has 2 rings (SSSR count). The number of thioether (sulfide) groups is 1. The topological polar surface area (TPSA) is 73.3 Å². The van der Waals surface area contributed by atoms with Gasteiger partial charge in [-0.3, -0.25) is 4.79 Å². The number of anilines is 1. The number of rotatable bonds is 8. The maximum absolute atomic E-state index is 12.9. The number of aryl methyl sites for hydroxylation is 1. The van der Waals surface area contributed by atoms with Crippen LogP contribution in [0.1, 0.15) is 10.6 Å². The van der Waals surface area contributed by atoms with E-state index in [4.69, 9.17) is 9.47 Å². The predicted octanol–water partition coefficient (Wildman–Crippen LogP) is 3.62. The second-order valence-electron chi connectivity index (χ2n) is 4.97. The van der Waals surface area contributed by atoms with E-state index in [1.807, 2.05) is 0 Å². The SMILES string of the molecule is COCCOc1ccc(C(F)(F)F)cc1NC(=O)CSc1nnc(C)s1. The van der Waals surface area contributed by atoms with Gasteiger partial charge in [0.1, 0.15) is 17.4 Å². The Morgan fingerprint density at radius 2 is 2.08 bits per heavy atom. The number of aromatic nitrogens is 2. The van der Waals surface area contributed by atoms with Crippen molar-refractivity contribution in [3.8, 4) is 5.75 Å². The first-order valence-electron chi connectivity index (χ1n) is 7.35. The third-order valence-electron chi connectivity index (χ3n) is 2.96. The van der Waals surface area contributed by atoms with Crippen molar-refractivity contribution >= 4 is 34.7 Å². The molecule has 1 N–H and O–H groups in total. The number of nitrogens with one attached hydrogen (secondary N) is 1. The van der Waals surface area contributed by atoms with Crippen molar-refractivity contribution in [3.05, 3.63) is 28.8 Å². The standard InChI is InChI=1S/C15H16F3N3O3S2/c1-9-20-21-14(26-9)25-8-13(22)19-11-7-10(15(16,17)18)3-4-12(11)24-6-5-23-2/h3-4,7H,5-6,8H2,1-2H3,(H,19,22). The van der Waals surface area contributed by atoms with Crippen molar-refractivity contribution in [3.63, 3.8) is 0 Å². The molecule has 0 saturated carbocycles. The fourth-order valence-electron chi connectivity index (χ4n) is 1.82. The maximum atomic E-state index is 12.9. The minimum atomic E-state index is -4.52. The second-order valence-corrected chi connectivity index (χ2v) is 7.38. The van der Waals surface area contributed by atoms with Crippen LogP contribution in [-0.2, 0) is 15.7 Å². The Morgan fingerprint density at radius 1 is 1.31 bits per heavy atom. The van der Waals surface area contributed by atoms with Crippen molar-refractivity contribution in [2.75, 3.05) is 31.4 Å². The van der Waals surface area contributed by atoms with E-state index in [1.165, 1.54) is 24.5 Å². The van der Waals surface area contributed by atoms with E-state index in [9.17, 15) is 18.0 Å². The molecule has 0 saturated heterocycles. The van der Waals surface area contributed by atoms with Gasteiger partial charge >= 0.3 is 6.18 Å². The van der Waals surface area contributed by atoms with E-state index < -0.39 is 17.6 Å². The van der Waals surface area contributed by atoms with E-state index in [1.54, 1.807) is 6.92 Å². The van der Waals surface area contributed by atoms with Gasteiger partial charge in [-0.25, -0.2) is 0 Å². The highest BCUT2D eigenvalue weighted by Gasteiger charge is 2.31. The summed E-state index contributed by atoms with van der Waals surface area (Å²) < 4.78 is 49.6. The van der Waals surface area contributed by atoms with E-state index in [0.717, 1.165) is 28.9 Å². The smallest absolute Gasteiger partial charge is 0.416 e. The molecule has 1 heterocycles. The molecule has 0 aliphatic rings. The summed E-state index contributed by atoms with van der Waals surface area (Å²) in [6.07, 6.45) is -4.52. The van der Waals surface area contributed by atoms with E-state index >= 15 is 0 Å². The van der Waals surface area contributed by atoms with Crippen LogP contribution in [0.15, 0.2) is 22.5 Å². The normalized spacial score (nSPS) is 11.4. The zero-order valence-electron chi connectivity index (χ0n) is 13.9. The Hall–Kier alpha value is -1.85. The zero-order chi connectivity index (χ0) is 19.2. The summed E-state index contributed by atoms with van der Waals surface area (Å²) in [5.74, 6) is -0.346. The number of carbonyl (C=O) groups excluding carboxylic acids is 1. The van der Waals surface area contributed by atoms with Crippen LogP contribution in [-0.4, -0.2) is 42.2 Å². The molecule has 1 aromatic heterocycles. The van der Waals surface area contributed by atoms with Crippen LogP contribution < -0.4 is 10.1 Å². The summed E-state index contributed by atoms with van der Waals surface area (Å²) in [4.78, 5) is 12.1. The largest absolute Gasteiger partial charge is 0.489 e. The van der Waals surface area contributed by atoms with Gasteiger partial charge in [0.05, 0.1) is 23.6 Å². The van der Waals surface area contributed by atoms with Crippen LogP contribution in [0, 0.1) is 6.92 Å². The third-order valence-corrected chi connectivity index (χ3v) is 4.93. The summed E-state index contributed by atoms with van der Waals surface area (Å²) in [6, 6.07) is 2.92. The number of carbonyl (C=O) groups is 1. The van der Waals surface area contributed by atoms with Crippen LogP contribution in [0.25, 0.3) is 0 Å². The molecule has 0 fully saturated rings. The predicted molar refractivity (Wildman–Crippen MR) is 92.8 cm³/mol. The lowest BCUT2D eigenvalue weighted by Crippen LogP contribution is -2.16. The van der Waals surface area contributed by atoms with Crippen molar-refractivity contribution < 1.29 is 27.4 Å². The van der Waals surface area contributed by atoms with Crippen LogP contribution in [0.3, 0.4) is 0 Å². The molecular weight excluding hydrogens is 391 g/mol. The molecule has 0 spiro atoms. The van der Waals surface area contributed by atoms with E-state index in [-0.39, 0.29) is 30.4 Å². The fourth-order valence-corrected chi connectivity index (χ4v) is 3.43. The first-order valence-corrected chi connectivity index (χ1v) is 9.15. The Bertz CT molecular complexity index is 753. The molecule has 1 amide bonds. The summed E-state index contributed by atoms with van der Waals surface area (Å²) in [5.41, 5.74) is -0.922. The molecule has 0 unspecified atom stereocenters. The molecule has 0 radical (unpaired) electrons. The number of halogens is 3. The van der Waals surface area contributed by atoms with Crippen LogP contribution in [0.5, 0.6) is 5.75 Å². The van der Waals surface area contributed by atoms with Gasteiger partial charge in [-0.15, -0.1) is 10.2 Å². The first kappa shape index (κ1) is 20.5. The second kappa shape index (κ2) is 9.19. The van der Waals surface area contributed by atoms with Crippen molar-refractivity contribution in [1.29, 1.82) is 0 Å². The molecule has 0 bridgehead atoms. The highest BCUT2D eigenvalue weighted by atomic mass is 32.2. The molecule has 0 aliphatic heterocycles. The van der Waals surface area contributed by atoms with Gasteiger partial charge in [0, 0.05) is 7.11 Å². The Balaban J connectivity index is 2.08. The summed E-state index contributed by atoms with van der Waals surface area (Å²) in [5, 5.41) is 10.9. The summed E-state index contributed by atoms with van der Waals surface area (Å²) >= 11 is 2.49. The minimum absolute atomic E-state index is 0.0115. The molecule has 11 heteroatoms. The molecule has 6 nitrogen and oxygen atoms in total. The Labute approximate surface area is 156 Å². The summed E-state index contributed by atoms with van der Waals surface area (Å²) in [7, 11) is 1.48.